The summed E-state index contributed by atoms with van der Waals surface area (Å²) in [4.78, 5) is 5.54. The van der Waals surface area contributed by atoms with Gasteiger partial charge in [0.15, 0.2) is 5.13 Å². The minimum absolute atomic E-state index is 0.616. The van der Waals surface area contributed by atoms with Crippen molar-refractivity contribution in [1.82, 2.24) is 4.98 Å². The second-order valence-corrected chi connectivity index (χ2v) is 5.33. The van der Waals surface area contributed by atoms with Gasteiger partial charge in [-0.3, -0.25) is 0 Å². The van der Waals surface area contributed by atoms with E-state index in [0.717, 1.165) is 33.0 Å². The molecule has 1 aromatic carbocycles. The molecule has 90 valence electrons. The summed E-state index contributed by atoms with van der Waals surface area (Å²) in [5.74, 6) is 0.909. The lowest BCUT2D eigenvalue weighted by Crippen LogP contribution is -1.92. The molecule has 2 rings (SSSR count). The minimum Gasteiger partial charge on any atom is -0.496 e. The molecule has 0 aliphatic rings. The van der Waals surface area contributed by atoms with E-state index in [0.29, 0.717) is 5.13 Å². The van der Waals surface area contributed by atoms with Crippen molar-refractivity contribution in [2.24, 2.45) is 0 Å². The van der Waals surface area contributed by atoms with Gasteiger partial charge in [-0.25, -0.2) is 4.98 Å². The number of methoxy groups -OCH3 is 1. The Morgan fingerprint density at radius 3 is 2.41 bits per heavy atom. The highest BCUT2D eigenvalue weighted by Crippen LogP contribution is 2.34. The second-order valence-electron chi connectivity index (χ2n) is 4.09. The van der Waals surface area contributed by atoms with Gasteiger partial charge >= 0.3 is 0 Å². The lowest BCUT2D eigenvalue weighted by molar-refractivity contribution is 0.411. The molecular formula is C13H16N2OS. The van der Waals surface area contributed by atoms with Crippen molar-refractivity contribution in [2.45, 2.75) is 20.8 Å². The number of aromatic nitrogens is 1. The summed E-state index contributed by atoms with van der Waals surface area (Å²) in [6.07, 6.45) is 0. The molecule has 0 unspecified atom stereocenters. The van der Waals surface area contributed by atoms with Gasteiger partial charge < -0.3 is 10.5 Å². The number of thiazole rings is 1. The molecule has 3 nitrogen and oxygen atoms in total. The van der Waals surface area contributed by atoms with Crippen LogP contribution in [-0.2, 0) is 0 Å². The number of rotatable bonds is 2. The minimum atomic E-state index is 0.616. The van der Waals surface area contributed by atoms with E-state index < -0.39 is 0 Å². The number of aryl methyl sites for hydroxylation is 3. The van der Waals surface area contributed by atoms with E-state index in [1.807, 2.05) is 19.9 Å². The van der Waals surface area contributed by atoms with E-state index in [1.54, 1.807) is 7.11 Å². The molecule has 0 spiro atoms. The monoisotopic (exact) mass is 248 g/mol. The van der Waals surface area contributed by atoms with Gasteiger partial charge in [0.1, 0.15) is 5.75 Å². The molecule has 2 aromatic rings. The molecular weight excluding hydrogens is 232 g/mol. The summed E-state index contributed by atoms with van der Waals surface area (Å²) >= 11 is 1.52. The summed E-state index contributed by atoms with van der Waals surface area (Å²) in [6.45, 7) is 6.14. The number of anilines is 1. The first-order valence-corrected chi connectivity index (χ1v) is 6.23. The van der Waals surface area contributed by atoms with Crippen LogP contribution in [0.4, 0.5) is 5.13 Å². The molecule has 4 heteroatoms. The zero-order valence-corrected chi connectivity index (χ0v) is 11.3. The van der Waals surface area contributed by atoms with E-state index in [4.69, 9.17) is 10.5 Å². The van der Waals surface area contributed by atoms with Crippen LogP contribution >= 0.6 is 11.3 Å². The van der Waals surface area contributed by atoms with E-state index in [-0.39, 0.29) is 0 Å². The van der Waals surface area contributed by atoms with E-state index in [2.05, 4.69) is 18.0 Å². The average molecular weight is 248 g/mol. The number of benzene rings is 1. The summed E-state index contributed by atoms with van der Waals surface area (Å²) in [5.41, 5.74) is 10.1. The maximum atomic E-state index is 5.74. The van der Waals surface area contributed by atoms with Gasteiger partial charge in [-0.2, -0.15) is 0 Å². The molecule has 1 aromatic heterocycles. The molecule has 0 fully saturated rings. The fraction of sp³-hybridized carbons (Fsp3) is 0.308. The number of nitrogen functional groups attached to an aromatic ring is 1. The third-order valence-electron chi connectivity index (χ3n) is 2.81. The van der Waals surface area contributed by atoms with Crippen molar-refractivity contribution < 1.29 is 4.74 Å². The quantitative estimate of drug-likeness (QED) is 0.886. The average Bonchev–Trinajstić information content (AvgIpc) is 2.60. The molecule has 0 saturated heterocycles. The van der Waals surface area contributed by atoms with Crippen LogP contribution in [0.2, 0.25) is 0 Å². The van der Waals surface area contributed by atoms with Gasteiger partial charge in [-0.15, -0.1) is 11.3 Å². The largest absolute Gasteiger partial charge is 0.496 e. The second kappa shape index (κ2) is 4.37. The lowest BCUT2D eigenvalue weighted by Gasteiger charge is -2.10. The number of hydrogen-bond donors (Lipinski definition) is 1. The molecule has 0 aliphatic heterocycles. The first-order chi connectivity index (χ1) is 8.02. The van der Waals surface area contributed by atoms with Crippen LogP contribution in [0.25, 0.3) is 11.3 Å². The number of nitrogens with two attached hydrogens (primary N) is 1. The van der Waals surface area contributed by atoms with Crippen LogP contribution in [0.1, 0.15) is 16.0 Å². The highest BCUT2D eigenvalue weighted by molar-refractivity contribution is 7.15. The molecule has 17 heavy (non-hydrogen) atoms. The van der Waals surface area contributed by atoms with Crippen molar-refractivity contribution >= 4 is 16.5 Å². The molecule has 0 radical (unpaired) electrons. The van der Waals surface area contributed by atoms with Gasteiger partial charge in [0, 0.05) is 10.4 Å². The molecule has 0 saturated carbocycles. The van der Waals surface area contributed by atoms with Gasteiger partial charge in [-0.05, 0) is 44.0 Å². The standard InChI is InChI=1S/C13H16N2OS/c1-7-6-11(16-4)8(2)5-10(7)12-9(3)17-13(14)15-12/h5-6H,1-4H3,(H2,14,15). The fourth-order valence-corrected chi connectivity index (χ4v) is 2.63. The lowest BCUT2D eigenvalue weighted by atomic mass is 10.0. The van der Waals surface area contributed by atoms with E-state index >= 15 is 0 Å². The third kappa shape index (κ3) is 2.13. The zero-order valence-electron chi connectivity index (χ0n) is 10.5. The van der Waals surface area contributed by atoms with Gasteiger partial charge in [0.2, 0.25) is 0 Å². The predicted octanol–water partition coefficient (Wildman–Crippen LogP) is 3.33. The Morgan fingerprint density at radius 2 is 1.88 bits per heavy atom. The predicted molar refractivity (Wildman–Crippen MR) is 72.7 cm³/mol. The summed E-state index contributed by atoms with van der Waals surface area (Å²) in [6, 6.07) is 4.15. The summed E-state index contributed by atoms with van der Waals surface area (Å²) in [7, 11) is 1.69. The van der Waals surface area contributed by atoms with Crippen molar-refractivity contribution in [1.29, 1.82) is 0 Å². The summed E-state index contributed by atoms with van der Waals surface area (Å²) in [5, 5.41) is 0.616. The topological polar surface area (TPSA) is 48.1 Å². The summed E-state index contributed by atoms with van der Waals surface area (Å²) < 4.78 is 5.31. The Kier molecular flexibility index (Phi) is 3.07. The molecule has 0 atom stereocenters. The van der Waals surface area contributed by atoms with E-state index in [1.165, 1.54) is 11.3 Å². The van der Waals surface area contributed by atoms with Crippen molar-refractivity contribution in [3.63, 3.8) is 0 Å². The van der Waals surface area contributed by atoms with Crippen LogP contribution in [0, 0.1) is 20.8 Å². The van der Waals surface area contributed by atoms with Gasteiger partial charge in [-0.1, -0.05) is 0 Å². The highest BCUT2D eigenvalue weighted by atomic mass is 32.1. The Bertz CT molecular complexity index is 561. The van der Waals surface area contributed by atoms with Crippen molar-refractivity contribution in [3.8, 4) is 17.0 Å². The maximum Gasteiger partial charge on any atom is 0.180 e. The Hall–Kier alpha value is -1.55. The number of ether oxygens (including phenoxy) is 1. The Labute approximate surface area is 105 Å². The van der Waals surface area contributed by atoms with Gasteiger partial charge in [0.25, 0.3) is 0 Å². The number of nitrogens with zero attached hydrogens (tertiary/aromatic N) is 1. The van der Waals surface area contributed by atoms with Crippen LogP contribution in [-0.4, -0.2) is 12.1 Å². The number of hydrogen-bond acceptors (Lipinski definition) is 4. The Morgan fingerprint density at radius 1 is 1.18 bits per heavy atom. The normalized spacial score (nSPS) is 10.6. The third-order valence-corrected chi connectivity index (χ3v) is 3.61. The molecule has 0 aliphatic carbocycles. The van der Waals surface area contributed by atoms with Crippen LogP contribution < -0.4 is 10.5 Å². The van der Waals surface area contributed by atoms with Crippen LogP contribution in [0.5, 0.6) is 5.75 Å². The Balaban J connectivity index is 2.60. The maximum absolute atomic E-state index is 5.74. The zero-order chi connectivity index (χ0) is 12.6. The smallest absolute Gasteiger partial charge is 0.180 e. The first-order valence-electron chi connectivity index (χ1n) is 5.41. The highest BCUT2D eigenvalue weighted by Gasteiger charge is 2.12. The molecule has 1 heterocycles. The van der Waals surface area contributed by atoms with Crippen molar-refractivity contribution in [3.05, 3.63) is 28.1 Å². The fourth-order valence-electron chi connectivity index (χ4n) is 1.93. The van der Waals surface area contributed by atoms with Crippen molar-refractivity contribution in [2.75, 3.05) is 12.8 Å². The molecule has 2 N–H and O–H groups in total. The SMILES string of the molecule is COc1cc(C)c(-c2nc(N)sc2C)cc1C. The van der Waals surface area contributed by atoms with Gasteiger partial charge in [0.05, 0.1) is 12.8 Å². The van der Waals surface area contributed by atoms with Crippen LogP contribution in [0.15, 0.2) is 12.1 Å². The van der Waals surface area contributed by atoms with Crippen LogP contribution in [0.3, 0.4) is 0 Å². The van der Waals surface area contributed by atoms with E-state index in [9.17, 15) is 0 Å². The first kappa shape index (κ1) is 11.9. The molecule has 0 amide bonds. The molecule has 0 bridgehead atoms.